The van der Waals surface area contributed by atoms with Crippen LogP contribution in [0.2, 0.25) is 0 Å². The van der Waals surface area contributed by atoms with Crippen LogP contribution in [0.3, 0.4) is 0 Å². The zero-order valence-corrected chi connectivity index (χ0v) is 18.2. The number of carbonyl (C=O) groups is 3. The number of benzene rings is 2. The summed E-state index contributed by atoms with van der Waals surface area (Å²) in [6.07, 6.45) is 6.21. The maximum atomic E-state index is 13.1. The Morgan fingerprint density at radius 1 is 1.03 bits per heavy atom. The van der Waals surface area contributed by atoms with Crippen LogP contribution in [0.25, 0.3) is 0 Å². The minimum atomic E-state index is -0.321. The summed E-state index contributed by atoms with van der Waals surface area (Å²) in [5.74, 6) is -1.19. The van der Waals surface area contributed by atoms with E-state index in [1.165, 1.54) is 4.90 Å². The first-order chi connectivity index (χ1) is 15.0. The number of imide groups is 1. The molecule has 2 aromatic rings. The topological polar surface area (TPSA) is 66.5 Å². The van der Waals surface area contributed by atoms with Crippen LogP contribution < -0.4 is 10.2 Å². The molecule has 2 aromatic carbocycles. The molecule has 1 fully saturated rings. The van der Waals surface area contributed by atoms with Gasteiger partial charge in [0, 0.05) is 11.3 Å². The summed E-state index contributed by atoms with van der Waals surface area (Å²) >= 11 is 0. The summed E-state index contributed by atoms with van der Waals surface area (Å²) in [4.78, 5) is 40.4. The second-order valence-electron chi connectivity index (χ2n) is 8.33. The molecule has 1 aliphatic carbocycles. The van der Waals surface area contributed by atoms with Gasteiger partial charge in [-0.3, -0.25) is 19.3 Å². The summed E-state index contributed by atoms with van der Waals surface area (Å²) in [6.45, 7) is 6.10. The van der Waals surface area contributed by atoms with E-state index in [4.69, 9.17) is 0 Å². The van der Waals surface area contributed by atoms with Gasteiger partial charge in [0.1, 0.15) is 0 Å². The summed E-state index contributed by atoms with van der Waals surface area (Å²) in [5.41, 5.74) is 3.90. The highest BCUT2D eigenvalue weighted by molar-refractivity contribution is 6.22. The fraction of sp³-hybridized carbons (Fsp3) is 0.346. The Morgan fingerprint density at radius 3 is 2.35 bits per heavy atom. The van der Waals surface area contributed by atoms with Crippen molar-refractivity contribution < 1.29 is 14.4 Å². The molecule has 4 rings (SSSR count). The Bertz CT molecular complexity index is 1050. The maximum absolute atomic E-state index is 13.1. The Balaban J connectivity index is 1.62. The van der Waals surface area contributed by atoms with Crippen LogP contribution in [0.1, 0.15) is 48.7 Å². The SMILES string of the molecule is CCc1cccc(CC)c1NC(=O)c1cccc(N2C(=O)[C@@H]3[C@H](CC=C[C@@H]3C)C2=O)c1. The molecule has 1 saturated heterocycles. The molecule has 0 spiro atoms. The third-order valence-corrected chi connectivity index (χ3v) is 6.48. The molecule has 0 unspecified atom stereocenters. The van der Waals surface area contributed by atoms with Crippen LogP contribution in [-0.4, -0.2) is 17.7 Å². The second kappa shape index (κ2) is 8.50. The van der Waals surface area contributed by atoms with Crippen LogP contribution in [0.15, 0.2) is 54.6 Å². The lowest BCUT2D eigenvalue weighted by Gasteiger charge is -2.22. The predicted octanol–water partition coefficient (Wildman–Crippen LogP) is 4.77. The van der Waals surface area contributed by atoms with Crippen molar-refractivity contribution in [1.82, 2.24) is 0 Å². The van der Waals surface area contributed by atoms with Crippen LogP contribution in [-0.2, 0) is 22.4 Å². The van der Waals surface area contributed by atoms with E-state index in [0.717, 1.165) is 29.7 Å². The average molecular weight is 417 g/mol. The summed E-state index contributed by atoms with van der Waals surface area (Å²) in [7, 11) is 0. The molecule has 0 aromatic heterocycles. The molecule has 5 heteroatoms. The molecule has 0 saturated carbocycles. The van der Waals surface area contributed by atoms with Gasteiger partial charge in [-0.2, -0.15) is 0 Å². The molecule has 0 bridgehead atoms. The van der Waals surface area contributed by atoms with Gasteiger partial charge in [0.25, 0.3) is 5.91 Å². The van der Waals surface area contributed by atoms with Gasteiger partial charge in [-0.15, -0.1) is 0 Å². The number of carbonyl (C=O) groups excluding carboxylic acids is 3. The van der Waals surface area contributed by atoms with Gasteiger partial charge in [-0.25, -0.2) is 0 Å². The number of hydrogen-bond acceptors (Lipinski definition) is 3. The smallest absolute Gasteiger partial charge is 0.255 e. The van der Waals surface area contributed by atoms with Gasteiger partial charge in [-0.05, 0) is 54.5 Å². The lowest BCUT2D eigenvalue weighted by molar-refractivity contribution is -0.122. The minimum absolute atomic E-state index is 0.0321. The van der Waals surface area contributed by atoms with E-state index in [2.05, 4.69) is 19.2 Å². The fourth-order valence-electron chi connectivity index (χ4n) is 4.78. The number of amides is 3. The molecule has 5 nitrogen and oxygen atoms in total. The van der Waals surface area contributed by atoms with E-state index in [1.807, 2.05) is 37.3 Å². The summed E-state index contributed by atoms with van der Waals surface area (Å²) < 4.78 is 0. The maximum Gasteiger partial charge on any atom is 0.255 e. The van der Waals surface area contributed by atoms with Crippen LogP contribution in [0.5, 0.6) is 0 Å². The Hall–Kier alpha value is -3.21. The summed E-state index contributed by atoms with van der Waals surface area (Å²) in [5, 5.41) is 3.06. The third kappa shape index (κ3) is 3.69. The van der Waals surface area contributed by atoms with Crippen LogP contribution in [0, 0.1) is 17.8 Å². The van der Waals surface area contributed by atoms with E-state index in [0.29, 0.717) is 17.7 Å². The number of nitrogens with zero attached hydrogens (tertiary/aromatic N) is 1. The lowest BCUT2D eigenvalue weighted by Crippen LogP contribution is -2.31. The highest BCUT2D eigenvalue weighted by Crippen LogP contribution is 2.40. The average Bonchev–Trinajstić information content (AvgIpc) is 3.05. The molecule has 0 radical (unpaired) electrons. The zero-order valence-electron chi connectivity index (χ0n) is 18.2. The normalized spacial score (nSPS) is 22.5. The van der Waals surface area contributed by atoms with Gasteiger partial charge in [-0.1, -0.05) is 57.2 Å². The zero-order chi connectivity index (χ0) is 22.1. The van der Waals surface area contributed by atoms with Crippen molar-refractivity contribution in [2.75, 3.05) is 10.2 Å². The standard InChI is InChI=1S/C26H28N2O3/c1-4-17-10-7-11-18(5-2)23(17)27-24(29)19-12-8-13-20(15-19)28-25(30)21-14-6-9-16(3)22(21)26(28)31/h6-13,15-16,21-22H,4-5,14H2,1-3H3,(H,27,29)/t16-,21-,22-/m0/s1. The number of fused-ring (bicyclic) bond motifs is 1. The van der Waals surface area contributed by atoms with Crippen molar-refractivity contribution in [2.24, 2.45) is 17.8 Å². The molecule has 160 valence electrons. The van der Waals surface area contributed by atoms with E-state index >= 15 is 0 Å². The first-order valence-corrected chi connectivity index (χ1v) is 11.0. The van der Waals surface area contributed by atoms with Gasteiger partial charge in [0.15, 0.2) is 0 Å². The monoisotopic (exact) mass is 416 g/mol. The molecular weight excluding hydrogens is 388 g/mol. The Kier molecular flexibility index (Phi) is 5.77. The highest BCUT2D eigenvalue weighted by Gasteiger charge is 2.50. The molecule has 31 heavy (non-hydrogen) atoms. The number of aryl methyl sites for hydroxylation is 2. The highest BCUT2D eigenvalue weighted by atomic mass is 16.2. The fourth-order valence-corrected chi connectivity index (χ4v) is 4.78. The molecule has 1 aliphatic heterocycles. The number of allylic oxidation sites excluding steroid dienone is 2. The van der Waals surface area contributed by atoms with Gasteiger partial charge in [0.05, 0.1) is 17.5 Å². The van der Waals surface area contributed by atoms with Crippen molar-refractivity contribution in [3.05, 3.63) is 71.3 Å². The number of hydrogen-bond donors (Lipinski definition) is 1. The van der Waals surface area contributed by atoms with E-state index < -0.39 is 0 Å². The first-order valence-electron chi connectivity index (χ1n) is 11.0. The van der Waals surface area contributed by atoms with E-state index in [1.54, 1.807) is 24.3 Å². The van der Waals surface area contributed by atoms with Crippen LogP contribution in [0.4, 0.5) is 11.4 Å². The number of nitrogens with one attached hydrogen (secondary N) is 1. The van der Waals surface area contributed by atoms with Crippen molar-refractivity contribution in [2.45, 2.75) is 40.0 Å². The molecular formula is C26H28N2O3. The molecule has 1 N–H and O–H groups in total. The van der Waals surface area contributed by atoms with Crippen molar-refractivity contribution in [1.29, 1.82) is 0 Å². The summed E-state index contributed by atoms with van der Waals surface area (Å²) in [6, 6.07) is 12.8. The van der Waals surface area contributed by atoms with E-state index in [9.17, 15) is 14.4 Å². The van der Waals surface area contributed by atoms with Crippen molar-refractivity contribution in [3.8, 4) is 0 Å². The van der Waals surface area contributed by atoms with Crippen LogP contribution >= 0.6 is 0 Å². The second-order valence-corrected chi connectivity index (χ2v) is 8.33. The Labute approximate surface area is 183 Å². The van der Waals surface area contributed by atoms with E-state index in [-0.39, 0.29) is 35.5 Å². The van der Waals surface area contributed by atoms with Crippen molar-refractivity contribution >= 4 is 29.1 Å². The van der Waals surface area contributed by atoms with Crippen molar-refractivity contribution in [3.63, 3.8) is 0 Å². The number of rotatable bonds is 5. The van der Waals surface area contributed by atoms with Gasteiger partial charge >= 0.3 is 0 Å². The van der Waals surface area contributed by atoms with Gasteiger partial charge < -0.3 is 5.32 Å². The quantitative estimate of drug-likeness (QED) is 0.564. The third-order valence-electron chi connectivity index (χ3n) is 6.48. The molecule has 1 heterocycles. The predicted molar refractivity (Wildman–Crippen MR) is 122 cm³/mol. The minimum Gasteiger partial charge on any atom is -0.321 e. The first kappa shape index (κ1) is 21.0. The van der Waals surface area contributed by atoms with Gasteiger partial charge in [0.2, 0.25) is 11.8 Å². The number of para-hydroxylation sites is 1. The molecule has 2 aliphatic rings. The lowest BCUT2D eigenvalue weighted by atomic mass is 9.78. The molecule has 3 atom stereocenters. The molecule has 3 amide bonds. The number of anilines is 2. The largest absolute Gasteiger partial charge is 0.321 e. The Morgan fingerprint density at radius 2 is 1.71 bits per heavy atom.